The van der Waals surface area contributed by atoms with Crippen LogP contribution >= 0.6 is 11.6 Å². The molecule has 3 rings (SSSR count). The van der Waals surface area contributed by atoms with Gasteiger partial charge in [-0.15, -0.1) is 0 Å². The molecule has 6 heteroatoms. The molecule has 0 amide bonds. The average Bonchev–Trinajstić information content (AvgIpc) is 2.62. The Labute approximate surface area is 169 Å². The first kappa shape index (κ1) is 20.1. The number of methoxy groups -OCH3 is 1. The molecule has 0 atom stereocenters. The lowest BCUT2D eigenvalue weighted by Gasteiger charge is -2.22. The third-order valence-corrected chi connectivity index (χ3v) is 5.04. The van der Waals surface area contributed by atoms with Gasteiger partial charge in [0.15, 0.2) is 5.43 Å². The summed E-state index contributed by atoms with van der Waals surface area (Å²) in [7, 11) is 1.51. The molecule has 0 aliphatic heterocycles. The molecule has 2 aromatic heterocycles. The maximum absolute atomic E-state index is 12.9. The minimum atomic E-state index is -0.152. The molecule has 0 bridgehead atoms. The molecule has 146 valence electrons. The first-order chi connectivity index (χ1) is 13.1. The van der Waals surface area contributed by atoms with Crippen LogP contribution in [-0.4, -0.2) is 22.1 Å². The van der Waals surface area contributed by atoms with Crippen molar-refractivity contribution in [1.82, 2.24) is 15.0 Å². The van der Waals surface area contributed by atoms with Crippen LogP contribution in [0.3, 0.4) is 0 Å². The van der Waals surface area contributed by atoms with E-state index in [1.807, 2.05) is 19.9 Å². The van der Waals surface area contributed by atoms with E-state index in [4.69, 9.17) is 16.3 Å². The second kappa shape index (κ2) is 7.40. The zero-order valence-corrected chi connectivity index (χ0v) is 17.7. The molecular weight excluding hydrogens is 374 g/mol. The van der Waals surface area contributed by atoms with E-state index in [1.54, 1.807) is 12.3 Å². The Balaban J connectivity index is 2.17. The van der Waals surface area contributed by atoms with E-state index >= 15 is 0 Å². The zero-order chi connectivity index (χ0) is 20.6. The van der Waals surface area contributed by atoms with Crippen LogP contribution in [0.4, 0.5) is 0 Å². The van der Waals surface area contributed by atoms with Crippen molar-refractivity contribution in [2.75, 3.05) is 7.11 Å². The standard InChI is InChI=1S/C22H24ClN3O2/c1-12-9-15(22(3,4)5)16(23)10-14(12)17-11-18(27)19(13(2)26-17)20-21(28-6)25-8-7-24-20/h7-11H,1-6H3,(H,26,27). The topological polar surface area (TPSA) is 67.9 Å². The van der Waals surface area contributed by atoms with Crippen LogP contribution < -0.4 is 10.2 Å². The van der Waals surface area contributed by atoms with E-state index in [0.717, 1.165) is 16.7 Å². The van der Waals surface area contributed by atoms with Gasteiger partial charge in [-0.25, -0.2) is 9.97 Å². The molecule has 0 aliphatic rings. The van der Waals surface area contributed by atoms with E-state index in [9.17, 15) is 4.79 Å². The van der Waals surface area contributed by atoms with E-state index in [2.05, 4.69) is 41.8 Å². The highest BCUT2D eigenvalue weighted by molar-refractivity contribution is 6.31. The second-order valence-electron chi connectivity index (χ2n) is 7.86. The molecule has 0 radical (unpaired) electrons. The number of nitrogens with one attached hydrogen (secondary N) is 1. The molecule has 0 unspecified atom stereocenters. The van der Waals surface area contributed by atoms with E-state index < -0.39 is 0 Å². The molecule has 0 saturated heterocycles. The fraction of sp³-hybridized carbons (Fsp3) is 0.318. The van der Waals surface area contributed by atoms with Gasteiger partial charge in [-0.05, 0) is 36.5 Å². The maximum atomic E-state index is 12.9. The van der Waals surface area contributed by atoms with Crippen molar-refractivity contribution in [1.29, 1.82) is 0 Å². The number of halogens is 1. The van der Waals surface area contributed by atoms with Gasteiger partial charge in [0.25, 0.3) is 0 Å². The van der Waals surface area contributed by atoms with Gasteiger partial charge < -0.3 is 9.72 Å². The lowest BCUT2D eigenvalue weighted by Crippen LogP contribution is -2.13. The van der Waals surface area contributed by atoms with Crippen molar-refractivity contribution in [2.24, 2.45) is 0 Å². The van der Waals surface area contributed by atoms with Crippen LogP contribution in [0.5, 0.6) is 5.88 Å². The van der Waals surface area contributed by atoms with Crippen LogP contribution in [-0.2, 0) is 5.41 Å². The summed E-state index contributed by atoms with van der Waals surface area (Å²) in [6.45, 7) is 10.2. The predicted molar refractivity (Wildman–Crippen MR) is 113 cm³/mol. The number of benzene rings is 1. The van der Waals surface area contributed by atoms with E-state index in [1.165, 1.54) is 13.3 Å². The number of pyridine rings is 1. The van der Waals surface area contributed by atoms with E-state index in [-0.39, 0.29) is 10.8 Å². The Bertz CT molecular complexity index is 1100. The van der Waals surface area contributed by atoms with Crippen LogP contribution in [0.2, 0.25) is 5.02 Å². The summed E-state index contributed by atoms with van der Waals surface area (Å²) >= 11 is 6.56. The van der Waals surface area contributed by atoms with Gasteiger partial charge in [0, 0.05) is 40.4 Å². The van der Waals surface area contributed by atoms with Gasteiger partial charge in [-0.1, -0.05) is 38.4 Å². The molecule has 1 aromatic carbocycles. The minimum absolute atomic E-state index is 0.0594. The number of hydrogen-bond donors (Lipinski definition) is 1. The Morgan fingerprint density at radius 2 is 1.75 bits per heavy atom. The number of hydrogen-bond acceptors (Lipinski definition) is 4. The van der Waals surface area contributed by atoms with Gasteiger partial charge in [0.05, 0.1) is 12.7 Å². The molecule has 0 saturated carbocycles. The summed E-state index contributed by atoms with van der Waals surface area (Å²) in [6.07, 6.45) is 3.07. The zero-order valence-electron chi connectivity index (χ0n) is 17.0. The number of ether oxygens (including phenoxy) is 1. The Morgan fingerprint density at radius 1 is 1.07 bits per heavy atom. The third kappa shape index (κ3) is 3.67. The van der Waals surface area contributed by atoms with Crippen molar-refractivity contribution in [3.8, 4) is 28.4 Å². The first-order valence-electron chi connectivity index (χ1n) is 9.03. The van der Waals surface area contributed by atoms with E-state index in [0.29, 0.717) is 33.5 Å². The number of aromatic nitrogens is 3. The second-order valence-corrected chi connectivity index (χ2v) is 8.27. The Morgan fingerprint density at radius 3 is 2.36 bits per heavy atom. The Hall–Kier alpha value is -2.66. The Kier molecular flexibility index (Phi) is 5.31. The monoisotopic (exact) mass is 397 g/mol. The molecule has 1 N–H and O–H groups in total. The lowest BCUT2D eigenvalue weighted by molar-refractivity contribution is 0.397. The van der Waals surface area contributed by atoms with Crippen LogP contribution in [0.1, 0.15) is 37.6 Å². The number of rotatable bonds is 3. The highest BCUT2D eigenvalue weighted by atomic mass is 35.5. The number of H-pyrrole nitrogens is 1. The van der Waals surface area contributed by atoms with Gasteiger partial charge >= 0.3 is 0 Å². The fourth-order valence-corrected chi connectivity index (χ4v) is 3.77. The summed E-state index contributed by atoms with van der Waals surface area (Å²) < 4.78 is 5.26. The van der Waals surface area contributed by atoms with Crippen molar-refractivity contribution in [3.63, 3.8) is 0 Å². The van der Waals surface area contributed by atoms with Crippen molar-refractivity contribution < 1.29 is 4.74 Å². The number of aryl methyl sites for hydroxylation is 2. The highest BCUT2D eigenvalue weighted by Crippen LogP contribution is 2.35. The summed E-state index contributed by atoms with van der Waals surface area (Å²) in [5.41, 5.74) is 5.10. The quantitative estimate of drug-likeness (QED) is 0.669. The normalized spacial score (nSPS) is 11.5. The van der Waals surface area contributed by atoms with Crippen LogP contribution in [0, 0.1) is 13.8 Å². The van der Waals surface area contributed by atoms with Gasteiger partial charge in [0.2, 0.25) is 5.88 Å². The first-order valence-corrected chi connectivity index (χ1v) is 9.41. The largest absolute Gasteiger partial charge is 0.479 e. The molecule has 3 aromatic rings. The molecule has 2 heterocycles. The lowest BCUT2D eigenvalue weighted by atomic mass is 9.85. The predicted octanol–water partition coefficient (Wildman–Crippen LogP) is 5.08. The maximum Gasteiger partial charge on any atom is 0.240 e. The minimum Gasteiger partial charge on any atom is -0.479 e. The van der Waals surface area contributed by atoms with Crippen molar-refractivity contribution >= 4 is 11.6 Å². The number of aromatic amines is 1. The number of nitrogens with zero attached hydrogens (tertiary/aromatic N) is 2. The average molecular weight is 398 g/mol. The van der Waals surface area contributed by atoms with Crippen molar-refractivity contribution in [3.05, 3.63) is 62.7 Å². The molecule has 0 spiro atoms. The molecular formula is C22H24ClN3O2. The summed E-state index contributed by atoms with van der Waals surface area (Å²) in [6, 6.07) is 5.58. The summed E-state index contributed by atoms with van der Waals surface area (Å²) in [4.78, 5) is 24.7. The van der Waals surface area contributed by atoms with Crippen LogP contribution in [0.25, 0.3) is 22.5 Å². The summed E-state index contributed by atoms with van der Waals surface area (Å²) in [5.74, 6) is 0.317. The molecule has 5 nitrogen and oxygen atoms in total. The third-order valence-electron chi connectivity index (χ3n) is 4.73. The van der Waals surface area contributed by atoms with Gasteiger partial charge in [0.1, 0.15) is 5.69 Å². The van der Waals surface area contributed by atoms with Gasteiger partial charge in [-0.2, -0.15) is 0 Å². The smallest absolute Gasteiger partial charge is 0.240 e. The SMILES string of the molecule is COc1nccnc1-c1c(C)[nH]c(-c2cc(Cl)c(C(C)(C)C)cc2C)cc1=O. The van der Waals surface area contributed by atoms with Crippen LogP contribution in [0.15, 0.2) is 35.4 Å². The summed E-state index contributed by atoms with van der Waals surface area (Å²) in [5, 5.41) is 0.686. The molecule has 0 aliphatic carbocycles. The van der Waals surface area contributed by atoms with Gasteiger partial charge in [-0.3, -0.25) is 4.79 Å². The fourth-order valence-electron chi connectivity index (χ4n) is 3.32. The molecule has 28 heavy (non-hydrogen) atoms. The van der Waals surface area contributed by atoms with Crippen molar-refractivity contribution in [2.45, 2.75) is 40.0 Å². The molecule has 0 fully saturated rings. The highest BCUT2D eigenvalue weighted by Gasteiger charge is 2.21.